The zero-order valence-electron chi connectivity index (χ0n) is 11.0. The van der Waals surface area contributed by atoms with Crippen molar-refractivity contribution in [3.63, 3.8) is 0 Å². The van der Waals surface area contributed by atoms with Crippen LogP contribution < -0.4 is 5.32 Å². The third-order valence-corrected chi connectivity index (χ3v) is 2.70. The minimum Gasteiger partial charge on any atom is -0.342 e. The second-order valence-electron chi connectivity index (χ2n) is 4.47. The number of carbonyl (C=O) groups is 1. The van der Waals surface area contributed by atoms with Crippen molar-refractivity contribution < 1.29 is 4.79 Å². The summed E-state index contributed by atoms with van der Waals surface area (Å²) in [5, 5.41) is 3.11. The quantitative estimate of drug-likeness (QED) is 0.838. The molecular formula is C13H21N3O. The highest BCUT2D eigenvalue weighted by atomic mass is 16.2. The largest absolute Gasteiger partial charge is 0.342 e. The number of likely N-dealkylation sites (N-methyl/N-ethyl adjacent to an activating group) is 1. The number of rotatable bonds is 5. The maximum Gasteiger partial charge on any atom is 0.236 e. The van der Waals surface area contributed by atoms with Crippen LogP contribution in [0, 0.1) is 6.92 Å². The van der Waals surface area contributed by atoms with Crippen LogP contribution in [0.15, 0.2) is 18.2 Å². The molecule has 0 saturated heterocycles. The molecule has 0 fully saturated rings. The van der Waals surface area contributed by atoms with Gasteiger partial charge < -0.3 is 10.2 Å². The Hall–Kier alpha value is -1.42. The first-order valence-corrected chi connectivity index (χ1v) is 5.89. The Morgan fingerprint density at radius 2 is 2.18 bits per heavy atom. The van der Waals surface area contributed by atoms with Crippen molar-refractivity contribution in [1.29, 1.82) is 0 Å². The number of aromatic nitrogens is 1. The Labute approximate surface area is 103 Å². The number of amides is 1. The van der Waals surface area contributed by atoms with E-state index in [4.69, 9.17) is 0 Å². The average molecular weight is 235 g/mol. The predicted octanol–water partition coefficient (Wildman–Crippen LogP) is 1.35. The van der Waals surface area contributed by atoms with Crippen molar-refractivity contribution in [2.45, 2.75) is 33.4 Å². The maximum atomic E-state index is 11.7. The fourth-order valence-electron chi connectivity index (χ4n) is 1.41. The van der Waals surface area contributed by atoms with E-state index in [1.165, 1.54) is 0 Å². The van der Waals surface area contributed by atoms with Crippen LogP contribution in [0.5, 0.6) is 0 Å². The van der Waals surface area contributed by atoms with Gasteiger partial charge in [-0.05, 0) is 32.9 Å². The molecule has 17 heavy (non-hydrogen) atoms. The fraction of sp³-hybridized carbons (Fsp3) is 0.538. The normalized spacial score (nSPS) is 10.6. The van der Waals surface area contributed by atoms with Crippen molar-refractivity contribution in [2.24, 2.45) is 0 Å². The lowest BCUT2D eigenvalue weighted by Crippen LogP contribution is -2.39. The summed E-state index contributed by atoms with van der Waals surface area (Å²) in [7, 11) is 1.82. The van der Waals surface area contributed by atoms with Gasteiger partial charge in [-0.25, -0.2) is 0 Å². The molecule has 0 atom stereocenters. The number of hydrogen-bond acceptors (Lipinski definition) is 3. The number of pyridine rings is 1. The van der Waals surface area contributed by atoms with Gasteiger partial charge in [0.25, 0.3) is 0 Å². The van der Waals surface area contributed by atoms with E-state index in [1.54, 1.807) is 4.90 Å². The zero-order chi connectivity index (χ0) is 12.8. The maximum absolute atomic E-state index is 11.7. The van der Waals surface area contributed by atoms with E-state index in [0.717, 1.165) is 11.4 Å². The molecule has 0 spiro atoms. The van der Waals surface area contributed by atoms with Gasteiger partial charge in [0.15, 0.2) is 0 Å². The smallest absolute Gasteiger partial charge is 0.236 e. The second-order valence-corrected chi connectivity index (χ2v) is 4.47. The van der Waals surface area contributed by atoms with Crippen LogP contribution in [-0.4, -0.2) is 35.4 Å². The molecule has 0 aliphatic carbocycles. The molecule has 1 amide bonds. The van der Waals surface area contributed by atoms with Crippen molar-refractivity contribution in [3.8, 4) is 0 Å². The summed E-state index contributed by atoms with van der Waals surface area (Å²) >= 11 is 0. The van der Waals surface area contributed by atoms with Gasteiger partial charge in [0, 0.05) is 25.3 Å². The Bertz CT molecular complexity index is 377. The first kappa shape index (κ1) is 13.6. The molecule has 1 aromatic rings. The van der Waals surface area contributed by atoms with E-state index >= 15 is 0 Å². The van der Waals surface area contributed by atoms with Crippen molar-refractivity contribution in [2.75, 3.05) is 13.6 Å². The minimum atomic E-state index is 0.104. The zero-order valence-corrected chi connectivity index (χ0v) is 11.0. The Kier molecular flexibility index (Phi) is 5.10. The van der Waals surface area contributed by atoms with Crippen LogP contribution >= 0.6 is 0 Å². The molecule has 1 aromatic heterocycles. The van der Waals surface area contributed by atoms with Crippen LogP contribution in [-0.2, 0) is 11.3 Å². The molecule has 0 unspecified atom stereocenters. The van der Waals surface area contributed by atoms with E-state index < -0.39 is 0 Å². The van der Waals surface area contributed by atoms with E-state index in [9.17, 15) is 4.79 Å². The highest BCUT2D eigenvalue weighted by Crippen LogP contribution is 1.98. The highest BCUT2D eigenvalue weighted by Gasteiger charge is 2.10. The summed E-state index contributed by atoms with van der Waals surface area (Å²) in [6.45, 7) is 6.94. The first-order chi connectivity index (χ1) is 8.00. The Balaban J connectivity index is 2.35. The number of nitrogens with zero attached hydrogens (tertiary/aromatic N) is 2. The van der Waals surface area contributed by atoms with E-state index in [2.05, 4.69) is 10.3 Å². The lowest BCUT2D eigenvalue weighted by Gasteiger charge is -2.21. The van der Waals surface area contributed by atoms with Gasteiger partial charge in [-0.1, -0.05) is 6.07 Å². The third kappa shape index (κ3) is 4.53. The second kappa shape index (κ2) is 6.35. The predicted molar refractivity (Wildman–Crippen MR) is 68.6 cm³/mol. The highest BCUT2D eigenvalue weighted by molar-refractivity contribution is 5.78. The fourth-order valence-corrected chi connectivity index (χ4v) is 1.41. The van der Waals surface area contributed by atoms with Gasteiger partial charge in [-0.2, -0.15) is 0 Å². The molecule has 0 aliphatic heterocycles. The van der Waals surface area contributed by atoms with Gasteiger partial charge >= 0.3 is 0 Å². The van der Waals surface area contributed by atoms with Crippen LogP contribution in [0.4, 0.5) is 0 Å². The Morgan fingerprint density at radius 3 is 2.76 bits per heavy atom. The molecule has 4 heteroatoms. The van der Waals surface area contributed by atoms with E-state index in [1.807, 2.05) is 46.0 Å². The summed E-state index contributed by atoms with van der Waals surface area (Å²) in [5.74, 6) is 0.104. The third-order valence-electron chi connectivity index (χ3n) is 2.70. The SMILES string of the molecule is Cc1cccc(CNCC(=O)N(C)C(C)C)n1. The molecular weight excluding hydrogens is 214 g/mol. The van der Waals surface area contributed by atoms with Crippen LogP contribution in [0.3, 0.4) is 0 Å². The number of nitrogens with one attached hydrogen (secondary N) is 1. The summed E-state index contributed by atoms with van der Waals surface area (Å²) in [6.07, 6.45) is 0. The van der Waals surface area contributed by atoms with Gasteiger partial charge in [0.05, 0.1) is 12.2 Å². The standard InChI is InChI=1S/C13H21N3O/c1-10(2)16(4)13(17)9-14-8-12-7-5-6-11(3)15-12/h5-7,10,14H,8-9H2,1-4H3. The van der Waals surface area contributed by atoms with Crippen LogP contribution in [0.1, 0.15) is 25.2 Å². The molecule has 1 N–H and O–H groups in total. The van der Waals surface area contributed by atoms with Gasteiger partial charge in [-0.15, -0.1) is 0 Å². The van der Waals surface area contributed by atoms with Gasteiger partial charge in [0.2, 0.25) is 5.91 Å². The molecule has 0 aromatic carbocycles. The first-order valence-electron chi connectivity index (χ1n) is 5.89. The van der Waals surface area contributed by atoms with E-state index in [0.29, 0.717) is 13.1 Å². The number of hydrogen-bond donors (Lipinski definition) is 1. The van der Waals surface area contributed by atoms with Gasteiger partial charge in [0.1, 0.15) is 0 Å². The number of carbonyl (C=O) groups excluding carboxylic acids is 1. The van der Waals surface area contributed by atoms with Gasteiger partial charge in [-0.3, -0.25) is 9.78 Å². The number of aryl methyl sites for hydroxylation is 1. The molecule has 0 aliphatic rings. The van der Waals surface area contributed by atoms with E-state index in [-0.39, 0.29) is 11.9 Å². The molecule has 1 rings (SSSR count). The van der Waals surface area contributed by atoms with Crippen LogP contribution in [0.25, 0.3) is 0 Å². The summed E-state index contributed by atoms with van der Waals surface area (Å²) in [6, 6.07) is 6.13. The van der Waals surface area contributed by atoms with Crippen molar-refractivity contribution in [1.82, 2.24) is 15.2 Å². The molecule has 4 nitrogen and oxygen atoms in total. The lowest BCUT2D eigenvalue weighted by molar-refractivity contribution is -0.130. The molecule has 0 bridgehead atoms. The molecule has 1 heterocycles. The summed E-state index contributed by atoms with van der Waals surface area (Å²) < 4.78 is 0. The Morgan fingerprint density at radius 1 is 1.47 bits per heavy atom. The summed E-state index contributed by atoms with van der Waals surface area (Å²) in [5.41, 5.74) is 1.96. The van der Waals surface area contributed by atoms with Crippen LogP contribution in [0.2, 0.25) is 0 Å². The molecule has 0 saturated carbocycles. The van der Waals surface area contributed by atoms with Crippen molar-refractivity contribution in [3.05, 3.63) is 29.6 Å². The van der Waals surface area contributed by atoms with Crippen molar-refractivity contribution >= 4 is 5.91 Å². The molecule has 94 valence electrons. The minimum absolute atomic E-state index is 0.104. The topological polar surface area (TPSA) is 45.2 Å². The summed E-state index contributed by atoms with van der Waals surface area (Å²) in [4.78, 5) is 17.8. The monoisotopic (exact) mass is 235 g/mol. The lowest BCUT2D eigenvalue weighted by atomic mass is 10.3. The molecule has 0 radical (unpaired) electrons. The average Bonchev–Trinajstić information content (AvgIpc) is 2.27.